The van der Waals surface area contributed by atoms with Gasteiger partial charge in [0.2, 0.25) is 0 Å². The lowest BCUT2D eigenvalue weighted by atomic mass is 9.69. The molecule has 2 aromatic rings. The molecule has 5 rings (SSSR count). The van der Waals surface area contributed by atoms with Crippen molar-refractivity contribution in [1.82, 2.24) is 0 Å². The van der Waals surface area contributed by atoms with Gasteiger partial charge in [-0.15, -0.1) is 0 Å². The van der Waals surface area contributed by atoms with E-state index in [1.54, 1.807) is 60.7 Å². The molecule has 3 fully saturated rings. The lowest BCUT2D eigenvalue weighted by Gasteiger charge is -2.31. The van der Waals surface area contributed by atoms with Gasteiger partial charge < -0.3 is 18.9 Å². The summed E-state index contributed by atoms with van der Waals surface area (Å²) < 4.78 is 21.9. The van der Waals surface area contributed by atoms with Gasteiger partial charge in [0.25, 0.3) is 0 Å². The molecule has 164 valence electrons. The fraction of sp³-hybridized carbons (Fsp3) is 0.333. The average molecular weight is 436 g/mol. The lowest BCUT2D eigenvalue weighted by molar-refractivity contribution is -0.160. The first kappa shape index (κ1) is 20.4. The normalized spacial score (nSPS) is 30.0. The first-order chi connectivity index (χ1) is 15.5. The van der Waals surface area contributed by atoms with Crippen molar-refractivity contribution < 1.29 is 38.1 Å². The third kappa shape index (κ3) is 3.36. The molecule has 32 heavy (non-hydrogen) atoms. The highest BCUT2D eigenvalue weighted by Crippen LogP contribution is 2.57. The zero-order valence-corrected chi connectivity index (χ0v) is 17.0. The largest absolute Gasteiger partial charge is 0.462 e. The van der Waals surface area contributed by atoms with Gasteiger partial charge >= 0.3 is 23.9 Å². The van der Waals surface area contributed by atoms with Crippen LogP contribution < -0.4 is 0 Å². The number of benzene rings is 2. The Balaban J connectivity index is 1.31. The Labute approximate surface area is 183 Å². The van der Waals surface area contributed by atoms with Crippen molar-refractivity contribution in [2.24, 2.45) is 17.8 Å². The van der Waals surface area contributed by atoms with Gasteiger partial charge in [-0.2, -0.15) is 0 Å². The maximum atomic E-state index is 12.4. The smallest absolute Gasteiger partial charge is 0.338 e. The van der Waals surface area contributed by atoms with E-state index in [0.717, 1.165) is 0 Å². The van der Waals surface area contributed by atoms with E-state index in [9.17, 15) is 19.2 Å². The number of hydrogen-bond acceptors (Lipinski definition) is 8. The number of fused-ring (bicyclic) bond motifs is 5. The second kappa shape index (κ2) is 7.87. The Hall–Kier alpha value is -3.52. The predicted octanol–water partition coefficient (Wildman–Crippen LogP) is 2.17. The van der Waals surface area contributed by atoms with Crippen LogP contribution in [0.15, 0.2) is 60.7 Å². The molecule has 3 heterocycles. The van der Waals surface area contributed by atoms with E-state index in [1.807, 2.05) is 0 Å². The number of carbonyl (C=O) groups excluding carboxylic acids is 4. The van der Waals surface area contributed by atoms with Crippen molar-refractivity contribution in [2.75, 3.05) is 13.2 Å². The lowest BCUT2D eigenvalue weighted by Crippen LogP contribution is -2.47. The second-order valence-electron chi connectivity index (χ2n) is 8.26. The summed E-state index contributed by atoms with van der Waals surface area (Å²) in [6, 6.07) is 17.0. The predicted molar refractivity (Wildman–Crippen MR) is 107 cm³/mol. The minimum atomic E-state index is -1.19. The summed E-state index contributed by atoms with van der Waals surface area (Å²) >= 11 is 0. The van der Waals surface area contributed by atoms with Crippen molar-refractivity contribution >= 4 is 23.9 Å². The van der Waals surface area contributed by atoms with E-state index in [2.05, 4.69) is 0 Å². The zero-order valence-electron chi connectivity index (χ0n) is 17.0. The molecule has 3 saturated heterocycles. The fourth-order valence-electron chi connectivity index (χ4n) is 4.94. The Kier molecular flexibility index (Phi) is 5.01. The Morgan fingerprint density at radius 1 is 0.875 bits per heavy atom. The first-order valence-electron chi connectivity index (χ1n) is 10.4. The van der Waals surface area contributed by atoms with E-state index in [-0.39, 0.29) is 19.1 Å². The molecule has 0 radical (unpaired) electrons. The van der Waals surface area contributed by atoms with E-state index in [0.29, 0.717) is 17.5 Å². The third-order valence-corrected chi connectivity index (χ3v) is 6.35. The monoisotopic (exact) mass is 436 g/mol. The molecule has 0 N–H and O–H groups in total. The topological polar surface area (TPSA) is 105 Å². The Bertz CT molecular complexity index is 1070. The summed E-state index contributed by atoms with van der Waals surface area (Å²) in [7, 11) is 0. The van der Waals surface area contributed by atoms with Crippen LogP contribution in [-0.4, -0.2) is 48.8 Å². The van der Waals surface area contributed by atoms with E-state index in [1.165, 1.54) is 0 Å². The molecule has 0 aromatic heterocycles. The summed E-state index contributed by atoms with van der Waals surface area (Å²) in [5.74, 6) is -4.34. The van der Waals surface area contributed by atoms with E-state index < -0.39 is 47.4 Å². The van der Waals surface area contributed by atoms with Crippen LogP contribution in [0.4, 0.5) is 0 Å². The molecule has 0 aliphatic carbocycles. The van der Waals surface area contributed by atoms with Gasteiger partial charge in [-0.05, 0) is 30.7 Å². The van der Waals surface area contributed by atoms with Crippen molar-refractivity contribution in [3.8, 4) is 0 Å². The van der Waals surface area contributed by atoms with Gasteiger partial charge in [0.15, 0.2) is 0 Å². The molecule has 0 saturated carbocycles. The highest BCUT2D eigenvalue weighted by atomic mass is 16.6. The molecule has 3 aliphatic rings. The summed E-state index contributed by atoms with van der Waals surface area (Å²) in [6.45, 7) is -0.193. The molecular weight excluding hydrogens is 416 g/mol. The molecule has 8 heteroatoms. The molecule has 2 unspecified atom stereocenters. The second-order valence-corrected chi connectivity index (χ2v) is 8.26. The Morgan fingerprint density at radius 3 is 2.09 bits per heavy atom. The minimum Gasteiger partial charge on any atom is -0.462 e. The van der Waals surface area contributed by atoms with Crippen LogP contribution in [0.5, 0.6) is 0 Å². The molecular formula is C24H20O8. The molecule has 0 amide bonds. The highest BCUT2D eigenvalue weighted by molar-refractivity contribution is 5.98. The van der Waals surface area contributed by atoms with Gasteiger partial charge in [0.1, 0.15) is 24.0 Å². The molecule has 2 aromatic carbocycles. The van der Waals surface area contributed by atoms with Crippen LogP contribution in [0.25, 0.3) is 0 Å². The number of rotatable bonds is 6. The molecule has 5 atom stereocenters. The van der Waals surface area contributed by atoms with Gasteiger partial charge in [0, 0.05) is 5.92 Å². The van der Waals surface area contributed by atoms with Crippen LogP contribution in [-0.2, 0) is 28.5 Å². The third-order valence-electron chi connectivity index (χ3n) is 6.35. The number of cyclic esters (lactones) is 2. The summed E-state index contributed by atoms with van der Waals surface area (Å²) in [6.07, 6.45) is -0.358. The molecule has 0 spiro atoms. The average Bonchev–Trinajstić information content (AvgIpc) is 3.46. The summed E-state index contributed by atoms with van der Waals surface area (Å²) in [4.78, 5) is 49.5. The Morgan fingerprint density at radius 2 is 1.47 bits per heavy atom. The SMILES string of the molecule is O=C(OC[C@@H]1C[C@@]2(COC(=O)c3ccccc3)O[C@H]1C1C(=O)OC(=O)C12)c1ccccc1. The first-order valence-corrected chi connectivity index (χ1v) is 10.4. The van der Waals surface area contributed by atoms with Crippen LogP contribution in [0.2, 0.25) is 0 Å². The fourth-order valence-corrected chi connectivity index (χ4v) is 4.94. The number of carbonyl (C=O) groups is 4. The minimum absolute atomic E-state index is 0.0114. The van der Waals surface area contributed by atoms with E-state index >= 15 is 0 Å². The highest BCUT2D eigenvalue weighted by Gasteiger charge is 2.72. The summed E-state index contributed by atoms with van der Waals surface area (Å²) in [5.41, 5.74) is -0.407. The van der Waals surface area contributed by atoms with Gasteiger partial charge in [0.05, 0.1) is 23.8 Å². The summed E-state index contributed by atoms with van der Waals surface area (Å²) in [5, 5.41) is 0. The van der Waals surface area contributed by atoms with Crippen LogP contribution in [0.1, 0.15) is 27.1 Å². The van der Waals surface area contributed by atoms with Crippen LogP contribution in [0.3, 0.4) is 0 Å². The van der Waals surface area contributed by atoms with Crippen LogP contribution in [0, 0.1) is 17.8 Å². The number of esters is 4. The molecule has 3 aliphatic heterocycles. The van der Waals surface area contributed by atoms with Crippen molar-refractivity contribution in [3.63, 3.8) is 0 Å². The molecule has 2 bridgehead atoms. The van der Waals surface area contributed by atoms with Gasteiger partial charge in [-0.25, -0.2) is 9.59 Å². The standard InChI is InChI=1S/C24H20O8/c25-20(14-7-3-1-4-8-14)29-12-16-11-24(13-30-21(26)15-9-5-2-6-10-15)18-17(19(16)32-24)22(27)31-23(18)28/h1-10,16-19H,11-13H2/t16-,17?,18?,19+,24-/m0/s1. The maximum Gasteiger partial charge on any atom is 0.338 e. The molecule has 8 nitrogen and oxygen atoms in total. The van der Waals surface area contributed by atoms with Crippen LogP contribution >= 0.6 is 0 Å². The van der Waals surface area contributed by atoms with Gasteiger partial charge in [-0.1, -0.05) is 36.4 Å². The quantitative estimate of drug-likeness (QED) is 0.385. The zero-order chi connectivity index (χ0) is 22.3. The van der Waals surface area contributed by atoms with Gasteiger partial charge in [-0.3, -0.25) is 9.59 Å². The van der Waals surface area contributed by atoms with Crippen molar-refractivity contribution in [3.05, 3.63) is 71.8 Å². The van der Waals surface area contributed by atoms with Crippen molar-refractivity contribution in [2.45, 2.75) is 18.1 Å². The maximum absolute atomic E-state index is 12.4. The van der Waals surface area contributed by atoms with Crippen molar-refractivity contribution in [1.29, 1.82) is 0 Å². The number of ether oxygens (including phenoxy) is 4. The number of hydrogen-bond donors (Lipinski definition) is 0. The van der Waals surface area contributed by atoms with E-state index in [4.69, 9.17) is 18.9 Å².